The van der Waals surface area contributed by atoms with Gasteiger partial charge in [0.25, 0.3) is 0 Å². The number of anilines is 1. The molecule has 0 bridgehead atoms. The third kappa shape index (κ3) is 9.67. The van der Waals surface area contributed by atoms with Gasteiger partial charge >= 0.3 is 0 Å². The van der Waals surface area contributed by atoms with Crippen LogP contribution in [0.4, 0.5) is 5.69 Å². The molecule has 0 heterocycles. The number of carbonyl (C=O) groups is 2. The van der Waals surface area contributed by atoms with Gasteiger partial charge in [-0.3, -0.25) is 13.9 Å². The smallest absolute Gasteiger partial charge is 0.242 e. The molecule has 7 nitrogen and oxygen atoms in total. The summed E-state index contributed by atoms with van der Waals surface area (Å²) in [7, 11) is -3.69. The van der Waals surface area contributed by atoms with Gasteiger partial charge in [0, 0.05) is 36.1 Å². The summed E-state index contributed by atoms with van der Waals surface area (Å²) >= 11 is 18.3. The zero-order chi connectivity index (χ0) is 27.8. The first-order valence-corrected chi connectivity index (χ1v) is 15.1. The molecule has 1 unspecified atom stereocenters. The Balaban J connectivity index is 2.23. The zero-order valence-corrected chi connectivity index (χ0v) is 24.6. The Morgan fingerprint density at radius 3 is 2.19 bits per heavy atom. The highest BCUT2D eigenvalue weighted by Gasteiger charge is 2.29. The van der Waals surface area contributed by atoms with Crippen molar-refractivity contribution in [1.82, 2.24) is 10.2 Å². The van der Waals surface area contributed by atoms with Crippen LogP contribution < -0.4 is 9.62 Å². The Morgan fingerprint density at radius 1 is 1.00 bits per heavy atom. The standard InChI is InChI=1S/C26H34Cl3N3O4S/c1-5-23(26(34)30-16-18(2)3)31(17-19-8-10-20(27)11-9-19)25(33)7-6-14-32(37(4,35)36)24-15-21(28)12-13-22(24)29/h8-13,15,18,23H,5-7,14,16-17H2,1-4H3,(H,30,34). The van der Waals surface area contributed by atoms with E-state index in [-0.39, 0.29) is 54.4 Å². The van der Waals surface area contributed by atoms with Crippen molar-refractivity contribution in [1.29, 1.82) is 0 Å². The van der Waals surface area contributed by atoms with Crippen molar-refractivity contribution in [3.05, 3.63) is 63.1 Å². The minimum atomic E-state index is -3.69. The van der Waals surface area contributed by atoms with E-state index in [2.05, 4.69) is 5.32 Å². The van der Waals surface area contributed by atoms with Gasteiger partial charge in [0.1, 0.15) is 6.04 Å². The number of benzene rings is 2. The molecule has 1 atom stereocenters. The number of nitrogens with one attached hydrogen (secondary N) is 1. The molecule has 0 saturated heterocycles. The largest absolute Gasteiger partial charge is 0.354 e. The molecule has 0 spiro atoms. The van der Waals surface area contributed by atoms with Gasteiger partial charge in [-0.05, 0) is 54.7 Å². The molecule has 0 radical (unpaired) electrons. The van der Waals surface area contributed by atoms with Crippen LogP contribution in [0.5, 0.6) is 0 Å². The van der Waals surface area contributed by atoms with Crippen LogP contribution in [0.1, 0.15) is 45.6 Å². The van der Waals surface area contributed by atoms with E-state index in [1.807, 2.05) is 32.9 Å². The fourth-order valence-corrected chi connectivity index (χ4v) is 5.32. The van der Waals surface area contributed by atoms with Crippen molar-refractivity contribution >= 4 is 62.3 Å². The van der Waals surface area contributed by atoms with Crippen molar-refractivity contribution in [2.75, 3.05) is 23.7 Å². The van der Waals surface area contributed by atoms with Gasteiger partial charge in [-0.15, -0.1) is 0 Å². The predicted octanol–water partition coefficient (Wildman–Crippen LogP) is 5.77. The van der Waals surface area contributed by atoms with Gasteiger partial charge in [-0.25, -0.2) is 8.42 Å². The quantitative estimate of drug-likeness (QED) is 0.321. The maximum Gasteiger partial charge on any atom is 0.242 e. The first-order valence-electron chi connectivity index (χ1n) is 12.1. The minimum absolute atomic E-state index is 0.0236. The van der Waals surface area contributed by atoms with Gasteiger partial charge in [0.2, 0.25) is 21.8 Å². The Morgan fingerprint density at radius 2 is 1.62 bits per heavy atom. The molecule has 11 heteroatoms. The zero-order valence-electron chi connectivity index (χ0n) is 21.5. The van der Waals surface area contributed by atoms with Gasteiger partial charge < -0.3 is 10.2 Å². The summed E-state index contributed by atoms with van der Waals surface area (Å²) in [4.78, 5) is 28.0. The predicted molar refractivity (Wildman–Crippen MR) is 152 cm³/mol. The van der Waals surface area contributed by atoms with E-state index >= 15 is 0 Å². The number of nitrogens with zero attached hydrogens (tertiary/aromatic N) is 2. The van der Waals surface area contributed by atoms with Crippen molar-refractivity contribution in [2.45, 2.75) is 52.6 Å². The van der Waals surface area contributed by atoms with Crippen molar-refractivity contribution in [3.63, 3.8) is 0 Å². The molecule has 2 amide bonds. The van der Waals surface area contributed by atoms with Gasteiger partial charge in [0.15, 0.2) is 0 Å². The van der Waals surface area contributed by atoms with Crippen LogP contribution in [0.3, 0.4) is 0 Å². The second-order valence-electron chi connectivity index (χ2n) is 9.25. The Bertz CT molecular complexity index is 1170. The van der Waals surface area contributed by atoms with E-state index in [1.165, 1.54) is 12.1 Å². The van der Waals surface area contributed by atoms with E-state index in [0.29, 0.717) is 23.0 Å². The van der Waals surface area contributed by atoms with E-state index < -0.39 is 16.1 Å². The second-order valence-corrected chi connectivity index (χ2v) is 12.4. The lowest BCUT2D eigenvalue weighted by Crippen LogP contribution is -2.49. The SMILES string of the molecule is CCC(C(=O)NCC(C)C)N(Cc1ccc(Cl)cc1)C(=O)CCCN(c1cc(Cl)ccc1Cl)S(C)(=O)=O. The van der Waals surface area contributed by atoms with Crippen LogP contribution in [0.25, 0.3) is 0 Å². The molecule has 2 aromatic carbocycles. The lowest BCUT2D eigenvalue weighted by atomic mass is 10.1. The highest BCUT2D eigenvalue weighted by atomic mass is 35.5. The first-order chi connectivity index (χ1) is 17.3. The topological polar surface area (TPSA) is 86.8 Å². The normalized spacial score (nSPS) is 12.3. The van der Waals surface area contributed by atoms with Crippen LogP contribution in [-0.2, 0) is 26.2 Å². The molecule has 0 saturated carbocycles. The molecular weight excluding hydrogens is 557 g/mol. The van der Waals surface area contributed by atoms with E-state index in [1.54, 1.807) is 23.1 Å². The first kappa shape index (κ1) is 31.2. The fourth-order valence-electron chi connectivity index (χ4n) is 3.79. The third-order valence-electron chi connectivity index (χ3n) is 5.67. The van der Waals surface area contributed by atoms with Crippen LogP contribution in [0.2, 0.25) is 15.1 Å². The van der Waals surface area contributed by atoms with Crippen LogP contribution in [0.15, 0.2) is 42.5 Å². The number of halogens is 3. The van der Waals surface area contributed by atoms with Crippen LogP contribution in [0, 0.1) is 5.92 Å². The summed E-state index contributed by atoms with van der Waals surface area (Å²) in [5.41, 5.74) is 1.08. The summed E-state index contributed by atoms with van der Waals surface area (Å²) in [6.07, 6.45) is 1.75. The van der Waals surface area contributed by atoms with E-state index in [0.717, 1.165) is 16.1 Å². The van der Waals surface area contributed by atoms with Crippen molar-refractivity contribution in [2.24, 2.45) is 5.92 Å². The average Bonchev–Trinajstić information content (AvgIpc) is 2.82. The van der Waals surface area contributed by atoms with Crippen molar-refractivity contribution < 1.29 is 18.0 Å². The summed E-state index contributed by atoms with van der Waals surface area (Å²) in [6.45, 7) is 6.60. The maximum atomic E-state index is 13.5. The van der Waals surface area contributed by atoms with E-state index in [4.69, 9.17) is 34.8 Å². The minimum Gasteiger partial charge on any atom is -0.354 e. The molecule has 0 aromatic heterocycles. The lowest BCUT2D eigenvalue weighted by molar-refractivity contribution is -0.141. The van der Waals surface area contributed by atoms with E-state index in [9.17, 15) is 18.0 Å². The molecular formula is C26H34Cl3N3O4S. The average molecular weight is 591 g/mol. The highest BCUT2D eigenvalue weighted by molar-refractivity contribution is 7.92. The Kier molecular flexibility index (Phi) is 12.0. The maximum absolute atomic E-state index is 13.5. The molecule has 204 valence electrons. The Labute approximate surface area is 235 Å². The lowest BCUT2D eigenvalue weighted by Gasteiger charge is -2.31. The summed E-state index contributed by atoms with van der Waals surface area (Å²) in [5, 5.41) is 4.07. The van der Waals surface area contributed by atoms with Gasteiger partial charge in [-0.2, -0.15) is 0 Å². The molecule has 0 aliphatic heterocycles. The molecule has 2 rings (SSSR count). The summed E-state index contributed by atoms with van der Waals surface area (Å²) < 4.78 is 26.2. The number of sulfonamides is 1. The van der Waals surface area contributed by atoms with Crippen LogP contribution >= 0.6 is 34.8 Å². The molecule has 1 N–H and O–H groups in total. The monoisotopic (exact) mass is 589 g/mol. The molecule has 0 aliphatic rings. The summed E-state index contributed by atoms with van der Waals surface area (Å²) in [5.74, 6) is -0.212. The molecule has 2 aromatic rings. The number of hydrogen-bond donors (Lipinski definition) is 1. The number of amides is 2. The fraction of sp³-hybridized carbons (Fsp3) is 0.462. The third-order valence-corrected chi connectivity index (χ3v) is 7.65. The molecule has 0 aliphatic carbocycles. The van der Waals surface area contributed by atoms with Crippen LogP contribution in [-0.4, -0.2) is 50.5 Å². The summed E-state index contributed by atoms with van der Waals surface area (Å²) in [6, 6.07) is 11.0. The number of hydrogen-bond acceptors (Lipinski definition) is 4. The highest BCUT2D eigenvalue weighted by Crippen LogP contribution is 2.31. The molecule has 0 fully saturated rings. The number of rotatable bonds is 13. The van der Waals surface area contributed by atoms with Gasteiger partial charge in [-0.1, -0.05) is 67.7 Å². The number of carbonyl (C=O) groups excluding carboxylic acids is 2. The molecule has 37 heavy (non-hydrogen) atoms. The van der Waals surface area contributed by atoms with Gasteiger partial charge in [0.05, 0.1) is 17.0 Å². The second kappa shape index (κ2) is 14.2. The van der Waals surface area contributed by atoms with Crippen molar-refractivity contribution in [3.8, 4) is 0 Å². The Hall–Kier alpha value is -2.00.